The lowest BCUT2D eigenvalue weighted by Gasteiger charge is -2.09. The Kier molecular flexibility index (Phi) is 6.78. The average Bonchev–Trinajstić information content (AvgIpc) is 3.57. The van der Waals surface area contributed by atoms with E-state index in [1.54, 1.807) is 44.1 Å². The van der Waals surface area contributed by atoms with Crippen LogP contribution in [0.5, 0.6) is 0 Å². The molecule has 2 amide bonds. The number of nitrogens with one attached hydrogen (secondary N) is 1. The number of nitrogen functional groups attached to an aromatic ring is 1. The highest BCUT2D eigenvalue weighted by molar-refractivity contribution is 6.03. The van der Waals surface area contributed by atoms with Gasteiger partial charge in [-0.3, -0.25) is 19.6 Å². The fraction of sp³-hybridized carbons (Fsp3) is 0.185. The standard InChI is InChI=1S/C27H27N9O4/c1-3-36-22(12-15(2)33-36)24(38)32-27-31-19-14-17(25(39)40)7-9-21(19)35(27)11-5-4-10-34-20-8-6-16(23(28)37)13-18(20)30-26(34)29/h4-9,12-14H,3,10-11H2,1-2H3,(H2,28,37)(H2,29,30)(H,39,40)(H,31,32,38)/b5-4+. The lowest BCUT2D eigenvalue weighted by Crippen LogP contribution is -2.19. The predicted molar refractivity (Wildman–Crippen MR) is 149 cm³/mol. The number of nitrogens with zero attached hydrogens (tertiary/aromatic N) is 6. The van der Waals surface area contributed by atoms with Gasteiger partial charge in [0.25, 0.3) is 5.91 Å². The normalized spacial score (nSPS) is 11.6. The first-order valence-corrected chi connectivity index (χ1v) is 12.5. The molecule has 5 rings (SSSR count). The van der Waals surface area contributed by atoms with Crippen LogP contribution in [-0.4, -0.2) is 51.8 Å². The molecule has 3 heterocycles. The number of benzene rings is 2. The molecule has 0 spiro atoms. The first-order chi connectivity index (χ1) is 19.2. The largest absolute Gasteiger partial charge is 0.478 e. The van der Waals surface area contributed by atoms with Crippen molar-refractivity contribution < 1.29 is 19.5 Å². The van der Waals surface area contributed by atoms with Crippen LogP contribution >= 0.6 is 0 Å². The number of carboxylic acid groups (broad SMARTS) is 1. The number of rotatable bonds is 9. The SMILES string of the molecule is CCn1nc(C)cc1C(=O)Nc1nc2cc(C(=O)O)ccc2n1C/C=C/Cn1c(N)nc2cc(C(N)=O)ccc21. The van der Waals surface area contributed by atoms with Gasteiger partial charge in [-0.25, -0.2) is 14.8 Å². The summed E-state index contributed by atoms with van der Waals surface area (Å²) in [6, 6.07) is 11.3. The maximum absolute atomic E-state index is 13.1. The van der Waals surface area contributed by atoms with E-state index >= 15 is 0 Å². The quantitative estimate of drug-likeness (QED) is 0.205. The number of primary amides is 1. The Hall–Kier alpha value is -5.46. The molecule has 0 atom stereocenters. The van der Waals surface area contributed by atoms with Crippen molar-refractivity contribution in [3.63, 3.8) is 0 Å². The summed E-state index contributed by atoms with van der Waals surface area (Å²) in [6.45, 7) is 4.94. The fourth-order valence-electron chi connectivity index (χ4n) is 4.53. The third-order valence-corrected chi connectivity index (χ3v) is 6.46. The Balaban J connectivity index is 1.43. The molecule has 40 heavy (non-hydrogen) atoms. The van der Waals surface area contributed by atoms with Crippen molar-refractivity contribution in [3.05, 3.63) is 77.1 Å². The van der Waals surface area contributed by atoms with Crippen LogP contribution in [0.1, 0.15) is 43.8 Å². The van der Waals surface area contributed by atoms with Gasteiger partial charge in [0.15, 0.2) is 0 Å². The lowest BCUT2D eigenvalue weighted by atomic mass is 10.2. The molecule has 2 aromatic carbocycles. The number of imidazole rings is 2. The van der Waals surface area contributed by atoms with Crippen LogP contribution < -0.4 is 16.8 Å². The van der Waals surface area contributed by atoms with Gasteiger partial charge in [0.1, 0.15) is 5.69 Å². The van der Waals surface area contributed by atoms with E-state index < -0.39 is 11.9 Å². The average molecular weight is 542 g/mol. The van der Waals surface area contributed by atoms with Gasteiger partial charge in [0.2, 0.25) is 17.8 Å². The number of hydrogen-bond acceptors (Lipinski definition) is 7. The van der Waals surface area contributed by atoms with E-state index in [0.717, 1.165) is 5.52 Å². The van der Waals surface area contributed by atoms with E-state index in [1.165, 1.54) is 12.1 Å². The van der Waals surface area contributed by atoms with Gasteiger partial charge in [-0.2, -0.15) is 5.10 Å². The van der Waals surface area contributed by atoms with Gasteiger partial charge in [-0.1, -0.05) is 12.2 Å². The predicted octanol–water partition coefficient (Wildman–Crippen LogP) is 2.80. The minimum Gasteiger partial charge on any atom is -0.478 e. The third kappa shape index (κ3) is 4.87. The molecule has 13 nitrogen and oxygen atoms in total. The molecule has 6 N–H and O–H groups in total. The number of allylic oxidation sites excluding steroid dienone is 2. The number of aryl methyl sites for hydroxylation is 2. The van der Waals surface area contributed by atoms with Gasteiger partial charge in [-0.15, -0.1) is 0 Å². The maximum atomic E-state index is 13.1. The molecule has 0 radical (unpaired) electrons. The molecule has 0 aliphatic heterocycles. The zero-order chi connectivity index (χ0) is 28.6. The zero-order valence-electron chi connectivity index (χ0n) is 21.8. The van der Waals surface area contributed by atoms with E-state index in [1.807, 2.05) is 26.0 Å². The Morgan fingerprint density at radius 1 is 0.950 bits per heavy atom. The summed E-state index contributed by atoms with van der Waals surface area (Å²) >= 11 is 0. The van der Waals surface area contributed by atoms with Crippen LogP contribution in [0, 0.1) is 6.92 Å². The number of carboxylic acids is 1. The minimum atomic E-state index is -1.07. The van der Waals surface area contributed by atoms with Crippen LogP contribution in [0.3, 0.4) is 0 Å². The summed E-state index contributed by atoms with van der Waals surface area (Å²) in [6.07, 6.45) is 3.77. The summed E-state index contributed by atoms with van der Waals surface area (Å²) in [5.41, 5.74) is 15.4. The van der Waals surface area contributed by atoms with Crippen molar-refractivity contribution >= 4 is 51.7 Å². The summed E-state index contributed by atoms with van der Waals surface area (Å²) in [5, 5.41) is 16.6. The van der Waals surface area contributed by atoms with Crippen molar-refractivity contribution in [1.29, 1.82) is 0 Å². The second kappa shape index (κ2) is 10.4. The number of nitrogens with two attached hydrogens (primary N) is 2. The van der Waals surface area contributed by atoms with Crippen LogP contribution in [0.2, 0.25) is 0 Å². The molecular weight excluding hydrogens is 514 g/mol. The van der Waals surface area contributed by atoms with E-state index in [4.69, 9.17) is 11.5 Å². The highest BCUT2D eigenvalue weighted by Gasteiger charge is 2.19. The van der Waals surface area contributed by atoms with Gasteiger partial charge >= 0.3 is 5.97 Å². The van der Waals surface area contributed by atoms with Crippen molar-refractivity contribution in [2.24, 2.45) is 5.73 Å². The second-order valence-electron chi connectivity index (χ2n) is 9.12. The van der Waals surface area contributed by atoms with Crippen molar-refractivity contribution in [2.75, 3.05) is 11.1 Å². The number of aromatic nitrogens is 6. The smallest absolute Gasteiger partial charge is 0.335 e. The van der Waals surface area contributed by atoms with Crippen LogP contribution in [0.4, 0.5) is 11.9 Å². The Labute approximate surface area is 227 Å². The molecule has 0 unspecified atom stereocenters. The first-order valence-electron chi connectivity index (χ1n) is 12.5. The molecular formula is C27H27N9O4. The third-order valence-electron chi connectivity index (χ3n) is 6.46. The van der Waals surface area contributed by atoms with Crippen LogP contribution in [0.25, 0.3) is 22.1 Å². The molecule has 0 aliphatic carbocycles. The van der Waals surface area contributed by atoms with Crippen LogP contribution in [0.15, 0.2) is 54.6 Å². The summed E-state index contributed by atoms with van der Waals surface area (Å²) in [7, 11) is 0. The highest BCUT2D eigenvalue weighted by Crippen LogP contribution is 2.23. The number of hydrogen-bond donors (Lipinski definition) is 4. The highest BCUT2D eigenvalue weighted by atomic mass is 16.4. The Morgan fingerprint density at radius 2 is 1.57 bits per heavy atom. The number of fused-ring (bicyclic) bond motifs is 2. The minimum absolute atomic E-state index is 0.0900. The summed E-state index contributed by atoms with van der Waals surface area (Å²) < 4.78 is 5.18. The summed E-state index contributed by atoms with van der Waals surface area (Å²) in [5.74, 6) is -1.45. The van der Waals surface area contributed by atoms with Crippen molar-refractivity contribution in [2.45, 2.75) is 33.5 Å². The summed E-state index contributed by atoms with van der Waals surface area (Å²) in [4.78, 5) is 45.0. The van der Waals surface area contributed by atoms with Gasteiger partial charge in [0, 0.05) is 25.2 Å². The van der Waals surface area contributed by atoms with Gasteiger partial charge < -0.3 is 25.7 Å². The van der Waals surface area contributed by atoms with E-state index in [9.17, 15) is 19.5 Å². The Bertz CT molecular complexity index is 1830. The Morgan fingerprint density at radius 3 is 2.25 bits per heavy atom. The first kappa shape index (κ1) is 26.2. The number of carbonyl (C=O) groups is 3. The molecule has 204 valence electrons. The van der Waals surface area contributed by atoms with Crippen molar-refractivity contribution in [3.8, 4) is 0 Å². The topological polar surface area (TPSA) is 189 Å². The lowest BCUT2D eigenvalue weighted by molar-refractivity contribution is 0.0696. The monoisotopic (exact) mass is 541 g/mol. The zero-order valence-corrected chi connectivity index (χ0v) is 21.8. The molecule has 3 aromatic heterocycles. The molecule has 0 fully saturated rings. The van der Waals surface area contributed by atoms with E-state index in [2.05, 4.69) is 20.4 Å². The fourth-order valence-corrected chi connectivity index (χ4v) is 4.53. The molecule has 0 bridgehead atoms. The molecule has 0 aliphatic rings. The van der Waals surface area contributed by atoms with Crippen LogP contribution in [-0.2, 0) is 19.6 Å². The van der Waals surface area contributed by atoms with E-state index in [-0.39, 0.29) is 23.4 Å². The molecule has 0 saturated carbocycles. The van der Waals surface area contributed by atoms with Gasteiger partial charge in [0.05, 0.1) is 33.3 Å². The molecule has 5 aromatic rings. The van der Waals surface area contributed by atoms with Crippen molar-refractivity contribution in [1.82, 2.24) is 28.9 Å². The van der Waals surface area contributed by atoms with E-state index in [0.29, 0.717) is 53.1 Å². The number of amides is 2. The second-order valence-corrected chi connectivity index (χ2v) is 9.12. The molecule has 13 heteroatoms. The molecule has 0 saturated heterocycles. The number of carbonyl (C=O) groups excluding carboxylic acids is 2. The maximum Gasteiger partial charge on any atom is 0.335 e. The number of aromatic carboxylic acids is 1. The number of anilines is 2. The van der Waals surface area contributed by atoms with Gasteiger partial charge in [-0.05, 0) is 56.3 Å².